The molecule has 0 heterocycles. The highest BCUT2D eigenvalue weighted by Gasteiger charge is 2.24. The van der Waals surface area contributed by atoms with Crippen molar-refractivity contribution in [2.75, 3.05) is 0 Å². The van der Waals surface area contributed by atoms with Crippen molar-refractivity contribution in [3.63, 3.8) is 0 Å². The summed E-state index contributed by atoms with van der Waals surface area (Å²) in [5.41, 5.74) is 0.312. The number of benzene rings is 2. The van der Waals surface area contributed by atoms with E-state index in [1.165, 1.54) is 36.4 Å². The molecule has 0 radical (unpaired) electrons. The highest BCUT2D eigenvalue weighted by atomic mass is 35.5. The van der Waals surface area contributed by atoms with Crippen LogP contribution in [0.15, 0.2) is 47.4 Å². The third-order valence-corrected chi connectivity index (χ3v) is 4.60. The van der Waals surface area contributed by atoms with E-state index < -0.39 is 20.7 Å². The lowest BCUT2D eigenvalue weighted by Gasteiger charge is -2.11. The Labute approximate surface area is 138 Å². The van der Waals surface area contributed by atoms with Gasteiger partial charge in [0, 0.05) is 11.1 Å². The van der Waals surface area contributed by atoms with E-state index in [0.717, 1.165) is 5.56 Å². The quantitative estimate of drug-likeness (QED) is 0.457. The van der Waals surface area contributed by atoms with E-state index in [-0.39, 0.29) is 21.6 Å². The van der Waals surface area contributed by atoms with E-state index in [1.54, 1.807) is 6.07 Å². The molecule has 0 aliphatic heterocycles. The van der Waals surface area contributed by atoms with Crippen LogP contribution in [-0.2, 0) is 10.1 Å². The zero-order valence-electron chi connectivity index (χ0n) is 12.4. The van der Waals surface area contributed by atoms with Crippen LogP contribution in [0.4, 0.5) is 5.69 Å². The average molecular weight is 356 g/mol. The maximum atomic E-state index is 12.3. The Hall–Kier alpha value is -2.12. The Kier molecular flexibility index (Phi) is 4.91. The number of rotatable bonds is 5. The first-order valence-corrected chi connectivity index (χ1v) is 8.47. The summed E-state index contributed by atoms with van der Waals surface area (Å²) in [6.07, 6.45) is 0. The Morgan fingerprint density at radius 3 is 2.43 bits per heavy atom. The Balaban J connectivity index is 2.49. The van der Waals surface area contributed by atoms with Crippen LogP contribution in [0.5, 0.6) is 5.75 Å². The van der Waals surface area contributed by atoms with Gasteiger partial charge in [0.25, 0.3) is 0 Å². The molecule has 0 aliphatic carbocycles. The molecule has 122 valence electrons. The first kappa shape index (κ1) is 17.2. The molecule has 0 aliphatic rings. The fourth-order valence-electron chi connectivity index (χ4n) is 1.90. The van der Waals surface area contributed by atoms with Crippen molar-refractivity contribution in [3.8, 4) is 5.75 Å². The molecule has 2 rings (SSSR count). The number of nitro benzene ring substituents is 1. The van der Waals surface area contributed by atoms with Gasteiger partial charge in [-0.2, -0.15) is 8.42 Å². The van der Waals surface area contributed by atoms with Gasteiger partial charge in [-0.3, -0.25) is 10.1 Å². The first-order chi connectivity index (χ1) is 10.7. The van der Waals surface area contributed by atoms with Crippen LogP contribution >= 0.6 is 11.6 Å². The molecule has 0 atom stereocenters. The lowest BCUT2D eigenvalue weighted by molar-refractivity contribution is -0.385. The molecule has 0 bridgehead atoms. The van der Waals surface area contributed by atoms with E-state index in [1.807, 2.05) is 13.8 Å². The molecule has 23 heavy (non-hydrogen) atoms. The number of hydrogen-bond acceptors (Lipinski definition) is 5. The summed E-state index contributed by atoms with van der Waals surface area (Å²) in [5, 5.41) is 11.3. The molecule has 2 aromatic rings. The normalized spacial score (nSPS) is 11.5. The van der Waals surface area contributed by atoms with Crippen LogP contribution in [0.1, 0.15) is 25.3 Å². The Bertz CT molecular complexity index is 849. The summed E-state index contributed by atoms with van der Waals surface area (Å²) in [4.78, 5) is 10.2. The second-order valence-electron chi connectivity index (χ2n) is 5.13. The SMILES string of the molecule is CC(C)c1ccc([N+](=O)[O-])c(OS(=O)(=O)c2cccc(Cl)c2)c1. The van der Waals surface area contributed by atoms with Gasteiger partial charge in [-0.25, -0.2) is 0 Å². The van der Waals surface area contributed by atoms with Crippen molar-refractivity contribution in [2.45, 2.75) is 24.7 Å². The molecule has 0 fully saturated rings. The van der Waals surface area contributed by atoms with Crippen LogP contribution in [0.3, 0.4) is 0 Å². The standard InChI is InChI=1S/C15H14ClNO5S/c1-10(2)11-6-7-14(17(18)19)15(8-11)22-23(20,21)13-5-3-4-12(16)9-13/h3-10H,1-2H3. The second kappa shape index (κ2) is 6.55. The maximum absolute atomic E-state index is 12.3. The zero-order chi connectivity index (χ0) is 17.2. The number of nitro groups is 1. The number of nitrogens with zero attached hydrogens (tertiary/aromatic N) is 1. The second-order valence-corrected chi connectivity index (χ2v) is 7.12. The van der Waals surface area contributed by atoms with E-state index in [9.17, 15) is 18.5 Å². The van der Waals surface area contributed by atoms with Crippen LogP contribution in [0.2, 0.25) is 5.02 Å². The van der Waals surface area contributed by atoms with Gasteiger partial charge in [0.2, 0.25) is 5.75 Å². The fraction of sp³-hybridized carbons (Fsp3) is 0.200. The summed E-state index contributed by atoms with van der Waals surface area (Å²) in [7, 11) is -4.22. The van der Waals surface area contributed by atoms with Gasteiger partial charge in [-0.15, -0.1) is 0 Å². The van der Waals surface area contributed by atoms with Crippen LogP contribution in [0, 0.1) is 10.1 Å². The first-order valence-electron chi connectivity index (χ1n) is 6.69. The van der Waals surface area contributed by atoms with Crippen LogP contribution in [0.25, 0.3) is 0 Å². The van der Waals surface area contributed by atoms with E-state index in [2.05, 4.69) is 0 Å². The van der Waals surface area contributed by atoms with Gasteiger partial charge >= 0.3 is 15.8 Å². The largest absolute Gasteiger partial charge is 0.372 e. The molecular weight excluding hydrogens is 342 g/mol. The smallest absolute Gasteiger partial charge is 0.339 e. The monoisotopic (exact) mass is 355 g/mol. The number of halogens is 1. The Morgan fingerprint density at radius 1 is 1.17 bits per heavy atom. The average Bonchev–Trinajstić information content (AvgIpc) is 2.46. The molecule has 0 spiro atoms. The van der Waals surface area contributed by atoms with Gasteiger partial charge in [-0.05, 0) is 35.7 Å². The van der Waals surface area contributed by atoms with Crippen molar-refractivity contribution in [1.29, 1.82) is 0 Å². The lowest BCUT2D eigenvalue weighted by Crippen LogP contribution is -2.11. The van der Waals surface area contributed by atoms with Crippen molar-refractivity contribution in [3.05, 3.63) is 63.2 Å². The minimum absolute atomic E-state index is 0.0621. The number of hydrogen-bond donors (Lipinski definition) is 0. The summed E-state index contributed by atoms with van der Waals surface area (Å²) in [6.45, 7) is 3.77. The molecular formula is C15H14ClNO5S. The van der Waals surface area contributed by atoms with Crippen molar-refractivity contribution >= 4 is 27.4 Å². The van der Waals surface area contributed by atoms with Gasteiger partial charge in [-0.1, -0.05) is 37.6 Å². The van der Waals surface area contributed by atoms with Gasteiger partial charge < -0.3 is 4.18 Å². The molecule has 6 nitrogen and oxygen atoms in total. The van der Waals surface area contributed by atoms with Gasteiger partial charge in [0.1, 0.15) is 4.90 Å². The van der Waals surface area contributed by atoms with Crippen molar-refractivity contribution in [2.24, 2.45) is 0 Å². The predicted molar refractivity (Wildman–Crippen MR) is 86.5 cm³/mol. The fourth-order valence-corrected chi connectivity index (χ4v) is 3.13. The molecule has 0 N–H and O–H groups in total. The van der Waals surface area contributed by atoms with Crippen molar-refractivity contribution < 1.29 is 17.5 Å². The minimum atomic E-state index is -4.22. The molecule has 2 aromatic carbocycles. The van der Waals surface area contributed by atoms with Crippen LogP contribution in [-0.4, -0.2) is 13.3 Å². The third-order valence-electron chi connectivity index (χ3n) is 3.13. The molecule has 0 saturated carbocycles. The third kappa shape index (κ3) is 4.00. The summed E-state index contributed by atoms with van der Waals surface area (Å²) >= 11 is 5.77. The predicted octanol–water partition coefficient (Wildman–Crippen LogP) is 4.14. The highest BCUT2D eigenvalue weighted by Crippen LogP contribution is 2.33. The molecule has 8 heteroatoms. The molecule has 0 amide bonds. The topological polar surface area (TPSA) is 86.5 Å². The van der Waals surface area contributed by atoms with E-state index in [0.29, 0.717) is 0 Å². The van der Waals surface area contributed by atoms with Gasteiger partial charge in [0.15, 0.2) is 0 Å². The zero-order valence-corrected chi connectivity index (χ0v) is 14.0. The van der Waals surface area contributed by atoms with E-state index >= 15 is 0 Å². The summed E-state index contributed by atoms with van der Waals surface area (Å²) in [6, 6.07) is 9.67. The Morgan fingerprint density at radius 2 is 1.87 bits per heavy atom. The minimum Gasteiger partial charge on any atom is -0.372 e. The molecule has 0 aromatic heterocycles. The van der Waals surface area contributed by atoms with E-state index in [4.69, 9.17) is 15.8 Å². The summed E-state index contributed by atoms with van der Waals surface area (Å²) < 4.78 is 29.6. The maximum Gasteiger partial charge on any atom is 0.339 e. The lowest BCUT2D eigenvalue weighted by atomic mass is 10.0. The van der Waals surface area contributed by atoms with Crippen LogP contribution < -0.4 is 4.18 Å². The molecule has 0 saturated heterocycles. The van der Waals surface area contributed by atoms with Crippen molar-refractivity contribution in [1.82, 2.24) is 0 Å². The van der Waals surface area contributed by atoms with Gasteiger partial charge in [0.05, 0.1) is 4.92 Å². The highest BCUT2D eigenvalue weighted by molar-refractivity contribution is 7.87. The molecule has 0 unspecified atom stereocenters. The summed E-state index contributed by atoms with van der Waals surface area (Å²) in [5.74, 6) is -0.256.